The molecule has 1 saturated carbocycles. The SMILES string of the molecule is CCOC1CCC(n2cc(NC(=O)c3csc(-c4cnn(COP([O-])OC)c4)n3)c(-c3nc(F)ccc3F)n2)CC1. The normalized spacial score (nSPS) is 18.0. The lowest BCUT2D eigenvalue weighted by atomic mass is 9.93. The van der Waals surface area contributed by atoms with Gasteiger partial charge in [0.1, 0.15) is 28.8 Å². The lowest BCUT2D eigenvalue weighted by molar-refractivity contribution is -0.205. The third kappa shape index (κ3) is 7.00. The molecule has 218 valence electrons. The molecule has 0 aliphatic heterocycles. The van der Waals surface area contributed by atoms with E-state index in [9.17, 15) is 18.5 Å². The Hall–Kier alpha value is -3.20. The van der Waals surface area contributed by atoms with E-state index in [0.717, 1.165) is 37.8 Å². The van der Waals surface area contributed by atoms with Gasteiger partial charge in [0.15, 0.2) is 5.82 Å². The van der Waals surface area contributed by atoms with Crippen molar-refractivity contribution in [3.63, 3.8) is 0 Å². The summed E-state index contributed by atoms with van der Waals surface area (Å²) in [6.45, 7) is 2.52. The first kappa shape index (κ1) is 29.3. The minimum atomic E-state index is -2.24. The average molecular weight is 607 g/mol. The number of hydrogen-bond donors (Lipinski definition) is 1. The summed E-state index contributed by atoms with van der Waals surface area (Å²) in [7, 11) is -0.978. The molecule has 16 heteroatoms. The predicted molar refractivity (Wildman–Crippen MR) is 145 cm³/mol. The summed E-state index contributed by atoms with van der Waals surface area (Å²) in [6, 6.07) is 1.90. The van der Waals surface area contributed by atoms with Crippen molar-refractivity contribution in [3.05, 3.63) is 53.6 Å². The van der Waals surface area contributed by atoms with Crippen LogP contribution in [-0.4, -0.2) is 55.3 Å². The summed E-state index contributed by atoms with van der Waals surface area (Å²) in [5.41, 5.74) is 0.637. The van der Waals surface area contributed by atoms with Crippen molar-refractivity contribution in [2.45, 2.75) is 51.5 Å². The average Bonchev–Trinajstić information content (AvgIpc) is 3.74. The van der Waals surface area contributed by atoms with E-state index in [4.69, 9.17) is 9.26 Å². The van der Waals surface area contributed by atoms with Gasteiger partial charge in [0.25, 0.3) is 5.91 Å². The van der Waals surface area contributed by atoms with E-state index in [1.54, 1.807) is 22.5 Å². The highest BCUT2D eigenvalue weighted by Crippen LogP contribution is 2.35. The predicted octanol–water partition coefficient (Wildman–Crippen LogP) is 4.52. The van der Waals surface area contributed by atoms with E-state index in [1.807, 2.05) is 6.92 Å². The third-order valence-electron chi connectivity index (χ3n) is 6.50. The number of rotatable bonds is 11. The van der Waals surface area contributed by atoms with Crippen LogP contribution in [-0.2, 0) is 20.5 Å². The number of carbonyl (C=O) groups excluding carboxylic acids is 1. The molecule has 41 heavy (non-hydrogen) atoms. The summed E-state index contributed by atoms with van der Waals surface area (Å²) < 4.78 is 47.1. The quantitative estimate of drug-likeness (QED) is 0.193. The zero-order valence-electron chi connectivity index (χ0n) is 22.2. The summed E-state index contributed by atoms with van der Waals surface area (Å²) in [5.74, 6) is -2.19. The van der Waals surface area contributed by atoms with Crippen molar-refractivity contribution in [2.75, 3.05) is 19.0 Å². The molecule has 1 aliphatic carbocycles. The maximum atomic E-state index is 14.7. The molecular weight excluding hydrogens is 579 g/mol. The number of hydrogen-bond acceptors (Lipinski definition) is 10. The number of pyridine rings is 1. The second kappa shape index (κ2) is 13.2. The molecule has 0 aromatic carbocycles. The molecular formula is C25H27F2N7O5PS-. The van der Waals surface area contributed by atoms with E-state index < -0.39 is 26.3 Å². The molecule has 0 radical (unpaired) electrons. The summed E-state index contributed by atoms with van der Waals surface area (Å²) >= 11 is 1.22. The van der Waals surface area contributed by atoms with Gasteiger partial charge in [-0.3, -0.25) is 9.48 Å². The fourth-order valence-corrected chi connectivity index (χ4v) is 5.64. The first-order valence-electron chi connectivity index (χ1n) is 12.8. The molecule has 0 bridgehead atoms. The van der Waals surface area contributed by atoms with Crippen molar-refractivity contribution in [3.8, 4) is 22.0 Å². The van der Waals surface area contributed by atoms with Gasteiger partial charge in [-0.2, -0.15) is 14.6 Å². The molecule has 1 aliphatic rings. The van der Waals surface area contributed by atoms with E-state index in [2.05, 4.69) is 30.0 Å². The van der Waals surface area contributed by atoms with Gasteiger partial charge in [0.2, 0.25) is 5.95 Å². The molecule has 5 rings (SSSR count). The first-order valence-corrected chi connectivity index (χ1v) is 14.8. The topological polar surface area (TPSA) is 141 Å². The Bertz CT molecular complexity index is 1490. The standard InChI is InChI=1S/C25H27F2N7O5PS/c1-3-38-17-6-4-16(5-7-17)34-12-19(23(32-34)22-18(26)8-9-21(27)31-22)29-24(35)20-13-41-25(30-20)15-10-28-33(11-15)14-39-40(36)37-2/h8-13,16-17H,3-7,14H2,1-2H3,(H,29,35)/q-1. The van der Waals surface area contributed by atoms with Gasteiger partial charge in [-0.15, -0.1) is 11.3 Å². The molecule has 0 saturated heterocycles. The van der Waals surface area contributed by atoms with Gasteiger partial charge in [-0.05, 0) is 44.7 Å². The van der Waals surface area contributed by atoms with Gasteiger partial charge in [0, 0.05) is 37.1 Å². The van der Waals surface area contributed by atoms with Gasteiger partial charge in [0.05, 0.1) is 32.6 Å². The molecule has 12 nitrogen and oxygen atoms in total. The van der Waals surface area contributed by atoms with Gasteiger partial charge in [-0.25, -0.2) is 19.0 Å². The van der Waals surface area contributed by atoms with Crippen LogP contribution >= 0.6 is 19.9 Å². The minimum Gasteiger partial charge on any atom is -0.786 e. The second-order valence-corrected chi connectivity index (χ2v) is 11.1. The molecule has 1 N–H and O–H groups in total. The summed E-state index contributed by atoms with van der Waals surface area (Å²) in [6.07, 6.45) is 8.22. The van der Waals surface area contributed by atoms with E-state index >= 15 is 0 Å². The first-order chi connectivity index (χ1) is 19.8. The number of amides is 1. The lowest BCUT2D eigenvalue weighted by Crippen LogP contribution is -2.24. The van der Waals surface area contributed by atoms with Gasteiger partial charge in [-0.1, -0.05) is 0 Å². The number of carbonyl (C=O) groups is 1. The Balaban J connectivity index is 1.35. The van der Waals surface area contributed by atoms with E-state index in [-0.39, 0.29) is 41.6 Å². The minimum absolute atomic E-state index is 0.00106. The monoisotopic (exact) mass is 606 g/mol. The molecule has 4 heterocycles. The Morgan fingerprint density at radius 3 is 2.76 bits per heavy atom. The lowest BCUT2D eigenvalue weighted by Gasteiger charge is -2.28. The Morgan fingerprint density at radius 2 is 2.00 bits per heavy atom. The number of nitrogens with one attached hydrogen (secondary N) is 1. The molecule has 1 atom stereocenters. The molecule has 4 aromatic heterocycles. The number of aromatic nitrogens is 6. The van der Waals surface area contributed by atoms with Gasteiger partial charge >= 0.3 is 0 Å². The zero-order chi connectivity index (χ0) is 28.9. The van der Waals surface area contributed by atoms with Crippen LogP contribution < -0.4 is 10.2 Å². The van der Waals surface area contributed by atoms with Crippen LogP contribution in [0.3, 0.4) is 0 Å². The van der Waals surface area contributed by atoms with Crippen LogP contribution in [0.25, 0.3) is 22.0 Å². The molecule has 1 unspecified atom stereocenters. The van der Waals surface area contributed by atoms with E-state index in [1.165, 1.54) is 29.3 Å². The fraction of sp³-hybridized carbons (Fsp3) is 0.400. The van der Waals surface area contributed by atoms with Crippen molar-refractivity contribution in [2.24, 2.45) is 0 Å². The van der Waals surface area contributed by atoms with E-state index in [0.29, 0.717) is 17.2 Å². The molecule has 4 aromatic rings. The number of anilines is 1. The van der Waals surface area contributed by atoms with Crippen molar-refractivity contribution < 1.29 is 32.3 Å². The van der Waals surface area contributed by atoms with Crippen LogP contribution in [0, 0.1) is 11.8 Å². The molecule has 0 spiro atoms. The molecule has 1 amide bonds. The zero-order valence-corrected chi connectivity index (χ0v) is 23.9. The largest absolute Gasteiger partial charge is 0.786 e. The van der Waals surface area contributed by atoms with Crippen LogP contribution in [0.1, 0.15) is 49.1 Å². The number of ether oxygens (including phenoxy) is 1. The van der Waals surface area contributed by atoms with Crippen molar-refractivity contribution in [1.82, 2.24) is 29.5 Å². The van der Waals surface area contributed by atoms with Gasteiger partial charge < -0.3 is 24.0 Å². The summed E-state index contributed by atoms with van der Waals surface area (Å²) in [5, 5.41) is 13.5. The second-order valence-electron chi connectivity index (χ2n) is 9.15. The van der Waals surface area contributed by atoms with Crippen LogP contribution in [0.5, 0.6) is 0 Å². The maximum absolute atomic E-state index is 14.7. The highest BCUT2D eigenvalue weighted by molar-refractivity contribution is 7.38. The van der Waals surface area contributed by atoms with Crippen molar-refractivity contribution in [1.29, 1.82) is 0 Å². The Kier molecular flexibility index (Phi) is 9.42. The number of nitrogens with zero attached hydrogens (tertiary/aromatic N) is 6. The fourth-order valence-electron chi connectivity index (χ4n) is 4.54. The van der Waals surface area contributed by atoms with Crippen LogP contribution in [0.2, 0.25) is 0 Å². The smallest absolute Gasteiger partial charge is 0.275 e. The Labute approximate surface area is 239 Å². The van der Waals surface area contributed by atoms with Crippen LogP contribution in [0.4, 0.5) is 14.5 Å². The highest BCUT2D eigenvalue weighted by Gasteiger charge is 2.27. The maximum Gasteiger partial charge on any atom is 0.275 e. The third-order valence-corrected chi connectivity index (χ3v) is 8.01. The van der Waals surface area contributed by atoms with Crippen LogP contribution in [0.15, 0.2) is 36.1 Å². The Morgan fingerprint density at radius 1 is 1.20 bits per heavy atom. The van der Waals surface area contributed by atoms with Crippen molar-refractivity contribution >= 4 is 31.5 Å². The number of halogens is 2. The summed E-state index contributed by atoms with van der Waals surface area (Å²) in [4.78, 5) is 32.6. The number of thiazole rings is 1. The molecule has 1 fully saturated rings. The highest BCUT2D eigenvalue weighted by atomic mass is 32.1.